The van der Waals surface area contributed by atoms with Gasteiger partial charge >= 0.3 is 5.97 Å². The zero-order valence-electron chi connectivity index (χ0n) is 21.0. The van der Waals surface area contributed by atoms with Gasteiger partial charge in [-0.05, 0) is 48.9 Å². The van der Waals surface area contributed by atoms with Gasteiger partial charge in [0.25, 0.3) is 0 Å². The van der Waals surface area contributed by atoms with Crippen molar-refractivity contribution < 1.29 is 18.3 Å². The first-order chi connectivity index (χ1) is 16.7. The molecule has 6 nitrogen and oxygen atoms in total. The molecule has 0 saturated carbocycles. The number of unbranched alkanes of at least 4 members (excludes halogenated alkanes) is 2. The van der Waals surface area contributed by atoms with Crippen molar-refractivity contribution in [2.24, 2.45) is 5.41 Å². The van der Waals surface area contributed by atoms with E-state index in [1.165, 1.54) is 0 Å². The van der Waals surface area contributed by atoms with Crippen molar-refractivity contribution in [3.05, 3.63) is 48.0 Å². The average molecular weight is 519 g/mol. The summed E-state index contributed by atoms with van der Waals surface area (Å²) in [6.07, 6.45) is 7.78. The number of fused-ring (bicyclic) bond motifs is 1. The summed E-state index contributed by atoms with van der Waals surface area (Å²) in [7, 11) is -3.57. The molecule has 0 aromatic heterocycles. The van der Waals surface area contributed by atoms with Gasteiger partial charge in [-0.2, -0.15) is 0 Å². The van der Waals surface area contributed by atoms with Crippen molar-refractivity contribution in [2.75, 3.05) is 30.0 Å². The van der Waals surface area contributed by atoms with E-state index in [1.807, 2.05) is 42.7 Å². The van der Waals surface area contributed by atoms with Crippen LogP contribution in [0.1, 0.15) is 57.9 Å². The predicted molar refractivity (Wildman–Crippen MR) is 145 cm³/mol. The van der Waals surface area contributed by atoms with Gasteiger partial charge in [-0.3, -0.25) is 4.79 Å². The first-order valence-corrected chi connectivity index (χ1v) is 15.3. The minimum atomic E-state index is -3.57. The molecule has 35 heavy (non-hydrogen) atoms. The van der Waals surface area contributed by atoms with E-state index in [1.54, 1.807) is 17.8 Å². The van der Waals surface area contributed by atoms with Crippen LogP contribution in [0, 0.1) is 5.41 Å². The Hall–Kier alpha value is -2.03. The molecular weight excluding hydrogens is 480 g/mol. The number of thioether (sulfide) groups is 1. The van der Waals surface area contributed by atoms with Crippen molar-refractivity contribution in [2.45, 2.75) is 68.7 Å². The number of aliphatic carboxylic acids is 1. The number of carboxylic acid groups (broad SMARTS) is 1. The SMILES string of the molecule is CCCCC1(CCCC)CN(c2ccccc2)c2cc(SC)c(CNCC(=O)O)cc2S(=O)(=O)C1. The summed E-state index contributed by atoms with van der Waals surface area (Å²) < 4.78 is 28.0. The van der Waals surface area contributed by atoms with Crippen LogP contribution in [-0.2, 0) is 21.2 Å². The van der Waals surface area contributed by atoms with Crippen LogP contribution < -0.4 is 10.2 Å². The molecule has 0 amide bonds. The van der Waals surface area contributed by atoms with Crippen LogP contribution in [0.15, 0.2) is 52.3 Å². The molecule has 2 aromatic carbocycles. The number of sulfone groups is 1. The van der Waals surface area contributed by atoms with Crippen molar-refractivity contribution in [1.29, 1.82) is 0 Å². The van der Waals surface area contributed by atoms with Crippen molar-refractivity contribution in [3.63, 3.8) is 0 Å². The molecule has 0 fully saturated rings. The summed E-state index contributed by atoms with van der Waals surface area (Å²) in [5, 5.41) is 11.9. The third-order valence-corrected chi connectivity index (χ3v) is 9.57. The van der Waals surface area contributed by atoms with Crippen LogP contribution in [0.2, 0.25) is 0 Å². The monoisotopic (exact) mass is 518 g/mol. The number of carbonyl (C=O) groups is 1. The maximum Gasteiger partial charge on any atom is 0.317 e. The predicted octanol–water partition coefficient (Wildman–Crippen LogP) is 5.87. The number of hydrogen-bond acceptors (Lipinski definition) is 6. The first kappa shape index (κ1) is 27.6. The molecule has 0 unspecified atom stereocenters. The topological polar surface area (TPSA) is 86.7 Å². The molecule has 8 heteroatoms. The van der Waals surface area contributed by atoms with Crippen LogP contribution in [0.3, 0.4) is 0 Å². The highest BCUT2D eigenvalue weighted by Gasteiger charge is 2.42. The fourth-order valence-corrected chi connectivity index (χ4v) is 7.77. The Kier molecular flexibility index (Phi) is 9.67. The minimum Gasteiger partial charge on any atom is -0.480 e. The van der Waals surface area contributed by atoms with Crippen molar-refractivity contribution >= 4 is 38.9 Å². The van der Waals surface area contributed by atoms with Gasteiger partial charge < -0.3 is 15.3 Å². The van der Waals surface area contributed by atoms with E-state index in [9.17, 15) is 13.2 Å². The van der Waals surface area contributed by atoms with E-state index in [2.05, 4.69) is 24.1 Å². The maximum absolute atomic E-state index is 14.0. The average Bonchev–Trinajstić information content (AvgIpc) is 2.93. The molecule has 3 rings (SSSR count). The Morgan fingerprint density at radius 1 is 1.11 bits per heavy atom. The van der Waals surface area contributed by atoms with E-state index in [4.69, 9.17) is 5.11 Å². The van der Waals surface area contributed by atoms with E-state index >= 15 is 0 Å². The quantitative estimate of drug-likeness (QED) is 0.340. The van der Waals surface area contributed by atoms with Crippen molar-refractivity contribution in [1.82, 2.24) is 5.32 Å². The normalized spacial score (nSPS) is 16.5. The lowest BCUT2D eigenvalue weighted by Crippen LogP contribution is -2.38. The number of para-hydroxylation sites is 1. The summed E-state index contributed by atoms with van der Waals surface area (Å²) in [5.41, 5.74) is 2.19. The summed E-state index contributed by atoms with van der Waals surface area (Å²) in [4.78, 5) is 14.5. The maximum atomic E-state index is 14.0. The van der Waals surface area contributed by atoms with E-state index in [0.29, 0.717) is 18.0 Å². The molecule has 1 heterocycles. The molecule has 0 radical (unpaired) electrons. The Balaban J connectivity index is 2.19. The number of benzene rings is 2. The summed E-state index contributed by atoms with van der Waals surface area (Å²) in [6.45, 7) is 5.10. The lowest BCUT2D eigenvalue weighted by atomic mass is 9.79. The van der Waals surface area contributed by atoms with Gasteiger partial charge in [-0.1, -0.05) is 57.7 Å². The van der Waals surface area contributed by atoms with Gasteiger partial charge in [-0.15, -0.1) is 11.8 Å². The third-order valence-electron chi connectivity index (χ3n) is 6.76. The molecule has 192 valence electrons. The molecule has 0 saturated heterocycles. The van der Waals surface area contributed by atoms with Gasteiger partial charge in [0, 0.05) is 29.1 Å². The number of carboxylic acids is 1. The summed E-state index contributed by atoms with van der Waals surface area (Å²) in [5.74, 6) is -0.804. The van der Waals surface area contributed by atoms with Crippen LogP contribution in [0.4, 0.5) is 11.4 Å². The van der Waals surface area contributed by atoms with Gasteiger partial charge in [-0.25, -0.2) is 8.42 Å². The Labute approximate surface area is 214 Å². The molecular formula is C27H38N2O4S2. The fourth-order valence-electron chi connectivity index (χ4n) is 5.00. The molecule has 0 bridgehead atoms. The molecule has 0 aliphatic carbocycles. The summed E-state index contributed by atoms with van der Waals surface area (Å²) >= 11 is 1.55. The highest BCUT2D eigenvalue weighted by Crippen LogP contribution is 2.46. The molecule has 0 spiro atoms. The number of rotatable bonds is 12. The van der Waals surface area contributed by atoms with E-state index < -0.39 is 15.8 Å². The van der Waals surface area contributed by atoms with Crippen LogP contribution in [0.5, 0.6) is 0 Å². The van der Waals surface area contributed by atoms with Crippen LogP contribution in [-0.4, -0.2) is 44.6 Å². The lowest BCUT2D eigenvalue weighted by Gasteiger charge is -2.37. The number of anilines is 2. The first-order valence-electron chi connectivity index (χ1n) is 12.4. The lowest BCUT2D eigenvalue weighted by molar-refractivity contribution is -0.136. The third kappa shape index (κ3) is 6.80. The zero-order chi connectivity index (χ0) is 25.5. The van der Waals surface area contributed by atoms with Crippen LogP contribution >= 0.6 is 11.8 Å². The molecule has 1 aliphatic heterocycles. The molecule has 0 atom stereocenters. The zero-order valence-corrected chi connectivity index (χ0v) is 22.7. The second-order valence-electron chi connectivity index (χ2n) is 9.52. The summed E-state index contributed by atoms with van der Waals surface area (Å²) in [6, 6.07) is 13.8. The minimum absolute atomic E-state index is 0.136. The standard InChI is InChI=1S/C27H38N2O4S2/c1-4-6-13-27(14-7-5-2)19-29(22-11-9-8-10-12-22)23-16-24(34-3)21(17-28-18-26(30)31)15-25(23)35(32,33)20-27/h8-12,15-16,28H,4-7,13-14,17-20H2,1-3H3,(H,30,31). The molecule has 2 aromatic rings. The molecule has 1 aliphatic rings. The largest absolute Gasteiger partial charge is 0.480 e. The van der Waals surface area contributed by atoms with E-state index in [-0.39, 0.29) is 17.7 Å². The van der Waals surface area contributed by atoms with Gasteiger partial charge in [0.1, 0.15) is 0 Å². The number of hydrogen-bond donors (Lipinski definition) is 2. The number of nitrogens with zero attached hydrogens (tertiary/aromatic N) is 1. The van der Waals surface area contributed by atoms with E-state index in [0.717, 1.165) is 60.4 Å². The molecule has 2 N–H and O–H groups in total. The highest BCUT2D eigenvalue weighted by molar-refractivity contribution is 7.98. The Bertz CT molecular complexity index is 1100. The number of nitrogens with one attached hydrogen (secondary N) is 1. The van der Waals surface area contributed by atoms with Gasteiger partial charge in [0.15, 0.2) is 9.84 Å². The second-order valence-corrected chi connectivity index (χ2v) is 12.3. The Morgan fingerprint density at radius 2 is 1.77 bits per heavy atom. The highest BCUT2D eigenvalue weighted by atomic mass is 32.2. The Morgan fingerprint density at radius 3 is 2.34 bits per heavy atom. The fraction of sp³-hybridized carbons (Fsp3) is 0.519. The van der Waals surface area contributed by atoms with Gasteiger partial charge in [0.2, 0.25) is 0 Å². The second kappa shape index (κ2) is 12.3. The van der Waals surface area contributed by atoms with Crippen LogP contribution in [0.25, 0.3) is 0 Å². The van der Waals surface area contributed by atoms with Gasteiger partial charge in [0.05, 0.1) is 22.9 Å². The smallest absolute Gasteiger partial charge is 0.317 e. The van der Waals surface area contributed by atoms with Crippen molar-refractivity contribution in [3.8, 4) is 0 Å².